The highest BCUT2D eigenvalue weighted by molar-refractivity contribution is 9.10. The molecule has 0 radical (unpaired) electrons. The van der Waals surface area contributed by atoms with E-state index in [1.807, 2.05) is 35.2 Å². The summed E-state index contributed by atoms with van der Waals surface area (Å²) in [6.07, 6.45) is 5.56. The number of nitrogens with two attached hydrogens (primary N) is 1. The fraction of sp³-hybridized carbons (Fsp3) is 0.357. The molecule has 0 aliphatic carbocycles. The SMILES string of the molecule is NCC1CCCN1C(=O)C=Cc1ccc(Br)cc1. The van der Waals surface area contributed by atoms with Gasteiger partial charge in [-0.2, -0.15) is 0 Å². The molecule has 1 amide bonds. The summed E-state index contributed by atoms with van der Waals surface area (Å²) < 4.78 is 1.04. The third-order valence-corrected chi connectivity index (χ3v) is 3.75. The molecule has 4 heteroatoms. The fourth-order valence-electron chi connectivity index (χ4n) is 2.21. The normalized spacial score (nSPS) is 19.7. The minimum atomic E-state index is 0.0610. The number of carbonyl (C=O) groups is 1. The number of halogens is 1. The third kappa shape index (κ3) is 3.21. The fourth-order valence-corrected chi connectivity index (χ4v) is 2.47. The van der Waals surface area contributed by atoms with E-state index in [0.29, 0.717) is 6.54 Å². The van der Waals surface area contributed by atoms with E-state index in [1.54, 1.807) is 6.08 Å². The monoisotopic (exact) mass is 308 g/mol. The molecule has 2 N–H and O–H groups in total. The van der Waals surface area contributed by atoms with Crippen molar-refractivity contribution in [2.24, 2.45) is 5.73 Å². The zero-order chi connectivity index (χ0) is 13.0. The molecule has 1 aromatic rings. The lowest BCUT2D eigenvalue weighted by Gasteiger charge is -2.21. The number of likely N-dealkylation sites (tertiary alicyclic amines) is 1. The van der Waals surface area contributed by atoms with Crippen molar-refractivity contribution in [3.05, 3.63) is 40.4 Å². The molecule has 1 aliphatic heterocycles. The largest absolute Gasteiger partial charge is 0.335 e. The Labute approximate surface area is 116 Å². The van der Waals surface area contributed by atoms with Crippen LogP contribution in [-0.2, 0) is 4.79 Å². The van der Waals surface area contributed by atoms with Crippen LogP contribution >= 0.6 is 15.9 Å². The second-order valence-electron chi connectivity index (χ2n) is 4.45. The van der Waals surface area contributed by atoms with Gasteiger partial charge in [0.15, 0.2) is 0 Å². The van der Waals surface area contributed by atoms with Gasteiger partial charge in [-0.15, -0.1) is 0 Å². The van der Waals surface area contributed by atoms with Crippen LogP contribution in [0.3, 0.4) is 0 Å². The van der Waals surface area contributed by atoms with Gasteiger partial charge < -0.3 is 10.6 Å². The number of rotatable bonds is 3. The van der Waals surface area contributed by atoms with E-state index in [2.05, 4.69) is 15.9 Å². The van der Waals surface area contributed by atoms with Crippen LogP contribution < -0.4 is 5.73 Å². The van der Waals surface area contributed by atoms with Crippen LogP contribution in [-0.4, -0.2) is 29.9 Å². The van der Waals surface area contributed by atoms with Gasteiger partial charge in [0.1, 0.15) is 0 Å². The molecule has 18 heavy (non-hydrogen) atoms. The molecule has 0 bridgehead atoms. The second kappa shape index (κ2) is 6.16. The molecule has 1 saturated heterocycles. The summed E-state index contributed by atoms with van der Waals surface area (Å²) in [5.74, 6) is 0.0610. The van der Waals surface area contributed by atoms with Crippen LogP contribution in [0.1, 0.15) is 18.4 Å². The van der Waals surface area contributed by atoms with E-state index >= 15 is 0 Å². The van der Waals surface area contributed by atoms with Gasteiger partial charge in [-0.1, -0.05) is 28.1 Å². The summed E-state index contributed by atoms with van der Waals surface area (Å²) in [5.41, 5.74) is 6.69. The first-order valence-electron chi connectivity index (χ1n) is 6.15. The molecule has 0 spiro atoms. The minimum absolute atomic E-state index is 0.0610. The zero-order valence-corrected chi connectivity index (χ0v) is 11.8. The number of carbonyl (C=O) groups excluding carboxylic acids is 1. The summed E-state index contributed by atoms with van der Waals surface area (Å²) >= 11 is 3.38. The summed E-state index contributed by atoms with van der Waals surface area (Å²) in [6.45, 7) is 1.38. The quantitative estimate of drug-likeness (QED) is 0.872. The smallest absolute Gasteiger partial charge is 0.246 e. The molecule has 3 nitrogen and oxygen atoms in total. The van der Waals surface area contributed by atoms with E-state index in [4.69, 9.17) is 5.73 Å². The topological polar surface area (TPSA) is 46.3 Å². The van der Waals surface area contributed by atoms with Gasteiger partial charge in [-0.3, -0.25) is 4.79 Å². The van der Waals surface area contributed by atoms with Crippen LogP contribution in [0.4, 0.5) is 0 Å². The van der Waals surface area contributed by atoms with Crippen molar-refractivity contribution in [3.8, 4) is 0 Å². The molecule has 1 heterocycles. The van der Waals surface area contributed by atoms with E-state index in [1.165, 1.54) is 0 Å². The Hall–Kier alpha value is -1.13. The van der Waals surface area contributed by atoms with Crippen LogP contribution in [0, 0.1) is 0 Å². The number of hydrogen-bond donors (Lipinski definition) is 1. The average Bonchev–Trinajstić information content (AvgIpc) is 2.86. The zero-order valence-electron chi connectivity index (χ0n) is 10.2. The first-order valence-corrected chi connectivity index (χ1v) is 6.94. The average molecular weight is 309 g/mol. The van der Waals surface area contributed by atoms with Crippen LogP contribution in [0.15, 0.2) is 34.8 Å². The van der Waals surface area contributed by atoms with Crippen molar-refractivity contribution in [3.63, 3.8) is 0 Å². The third-order valence-electron chi connectivity index (χ3n) is 3.22. The van der Waals surface area contributed by atoms with Crippen LogP contribution in [0.25, 0.3) is 6.08 Å². The van der Waals surface area contributed by atoms with Crippen molar-refractivity contribution < 1.29 is 4.79 Å². The molecule has 96 valence electrons. The van der Waals surface area contributed by atoms with Gasteiger partial charge in [0.2, 0.25) is 5.91 Å². The van der Waals surface area contributed by atoms with Gasteiger partial charge in [0, 0.05) is 29.7 Å². The summed E-state index contributed by atoms with van der Waals surface area (Å²) in [5, 5.41) is 0. The first kappa shape index (κ1) is 13.3. The van der Waals surface area contributed by atoms with Crippen molar-refractivity contribution in [2.45, 2.75) is 18.9 Å². The summed E-state index contributed by atoms with van der Waals surface area (Å²) in [4.78, 5) is 13.9. The molecule has 1 fully saturated rings. The highest BCUT2D eigenvalue weighted by Crippen LogP contribution is 2.17. The van der Waals surface area contributed by atoms with Gasteiger partial charge >= 0.3 is 0 Å². The lowest BCUT2D eigenvalue weighted by atomic mass is 10.2. The summed E-state index contributed by atoms with van der Waals surface area (Å²) in [7, 11) is 0. The Bertz CT molecular complexity index is 442. The molecular weight excluding hydrogens is 292 g/mol. The lowest BCUT2D eigenvalue weighted by Crippen LogP contribution is -2.38. The summed E-state index contributed by atoms with van der Waals surface area (Å²) in [6, 6.07) is 8.08. The molecule has 1 aromatic carbocycles. The lowest BCUT2D eigenvalue weighted by molar-refractivity contribution is -0.126. The van der Waals surface area contributed by atoms with Gasteiger partial charge in [-0.25, -0.2) is 0 Å². The number of hydrogen-bond acceptors (Lipinski definition) is 2. The Morgan fingerprint density at radius 2 is 2.17 bits per heavy atom. The maximum Gasteiger partial charge on any atom is 0.246 e. The van der Waals surface area contributed by atoms with Crippen molar-refractivity contribution >= 4 is 27.9 Å². The van der Waals surface area contributed by atoms with Crippen molar-refractivity contribution in [1.82, 2.24) is 4.90 Å². The second-order valence-corrected chi connectivity index (χ2v) is 5.36. The van der Waals surface area contributed by atoms with E-state index in [-0.39, 0.29) is 11.9 Å². The molecule has 1 atom stereocenters. The predicted octanol–water partition coefficient (Wildman–Crippen LogP) is 2.41. The maximum absolute atomic E-state index is 12.0. The van der Waals surface area contributed by atoms with E-state index in [9.17, 15) is 4.79 Å². The molecule has 1 unspecified atom stereocenters. The highest BCUT2D eigenvalue weighted by atomic mass is 79.9. The predicted molar refractivity (Wildman–Crippen MR) is 77.0 cm³/mol. The number of nitrogens with zero attached hydrogens (tertiary/aromatic N) is 1. The molecule has 0 saturated carbocycles. The molecular formula is C14H17BrN2O. The molecule has 1 aliphatic rings. The van der Waals surface area contributed by atoms with Crippen molar-refractivity contribution in [1.29, 1.82) is 0 Å². The van der Waals surface area contributed by atoms with Crippen LogP contribution in [0.5, 0.6) is 0 Å². The molecule has 2 rings (SSSR count). The highest BCUT2D eigenvalue weighted by Gasteiger charge is 2.25. The Balaban J connectivity index is 2.00. The van der Waals surface area contributed by atoms with Gasteiger partial charge in [0.25, 0.3) is 0 Å². The first-order chi connectivity index (χ1) is 8.70. The Morgan fingerprint density at radius 3 is 2.83 bits per heavy atom. The maximum atomic E-state index is 12.0. The van der Waals surface area contributed by atoms with Crippen LogP contribution in [0.2, 0.25) is 0 Å². The van der Waals surface area contributed by atoms with Gasteiger partial charge in [0.05, 0.1) is 0 Å². The van der Waals surface area contributed by atoms with Gasteiger partial charge in [-0.05, 0) is 36.6 Å². The number of benzene rings is 1. The Kier molecular flexibility index (Phi) is 4.55. The van der Waals surface area contributed by atoms with Crippen molar-refractivity contribution in [2.75, 3.05) is 13.1 Å². The number of amides is 1. The van der Waals surface area contributed by atoms with E-state index < -0.39 is 0 Å². The molecule has 0 aromatic heterocycles. The minimum Gasteiger partial charge on any atom is -0.335 e. The van der Waals surface area contributed by atoms with E-state index in [0.717, 1.165) is 29.4 Å². The Morgan fingerprint density at radius 1 is 1.44 bits per heavy atom. The standard InChI is InChI=1S/C14H17BrN2O/c15-12-6-3-11(4-7-12)5-8-14(18)17-9-1-2-13(17)10-16/h3-8,13H,1-2,9-10,16H2.